The lowest BCUT2D eigenvalue weighted by Gasteiger charge is -2.13. The molecule has 1 heterocycles. The van der Waals surface area contributed by atoms with Gasteiger partial charge in [0.05, 0.1) is 24.1 Å². The molecule has 7 heteroatoms. The maximum atomic E-state index is 12.1. The molecule has 0 fully saturated rings. The maximum Gasteiger partial charge on any atom is 0.225 e. The minimum atomic E-state index is -0.328. The summed E-state index contributed by atoms with van der Waals surface area (Å²) >= 11 is 6.09. The summed E-state index contributed by atoms with van der Waals surface area (Å²) in [6.07, 6.45) is 1.39. The molecule has 1 atom stereocenters. The van der Waals surface area contributed by atoms with Crippen molar-refractivity contribution in [3.63, 3.8) is 0 Å². The first-order valence-electron chi connectivity index (χ1n) is 6.57. The third-order valence-corrected chi connectivity index (χ3v) is 3.13. The zero-order valence-corrected chi connectivity index (χ0v) is 12.6. The van der Waals surface area contributed by atoms with Gasteiger partial charge < -0.3 is 14.6 Å². The number of carbonyl (C=O) groups is 1. The Morgan fingerprint density at radius 3 is 3.00 bits per heavy atom. The molecular weight excluding hydrogens is 294 g/mol. The topological polar surface area (TPSA) is 77.2 Å². The van der Waals surface area contributed by atoms with Crippen LogP contribution in [0.4, 0.5) is 0 Å². The fourth-order valence-corrected chi connectivity index (χ4v) is 2.15. The van der Waals surface area contributed by atoms with E-state index in [1.807, 2.05) is 13.0 Å². The standard InChI is InChI=1S/C14H16ClN3O3/c1-3-20-13-10(5-4-6-11(13)15)7-12(19)17-9(2)14-16-8-21-18-14/h4-6,8-9H,3,7H2,1-2H3,(H,17,19)/t9-/m0/s1. The Hall–Kier alpha value is -2.08. The zero-order chi connectivity index (χ0) is 15.2. The van der Waals surface area contributed by atoms with Gasteiger partial charge in [0.2, 0.25) is 12.3 Å². The van der Waals surface area contributed by atoms with E-state index in [1.54, 1.807) is 19.1 Å². The van der Waals surface area contributed by atoms with Crippen molar-refractivity contribution in [2.45, 2.75) is 26.3 Å². The van der Waals surface area contributed by atoms with Crippen molar-refractivity contribution in [2.24, 2.45) is 0 Å². The number of aromatic nitrogens is 2. The molecule has 0 saturated carbocycles. The van der Waals surface area contributed by atoms with Crippen molar-refractivity contribution in [2.75, 3.05) is 6.61 Å². The third-order valence-electron chi connectivity index (χ3n) is 2.83. The number of ether oxygens (including phenoxy) is 1. The Morgan fingerprint density at radius 1 is 1.52 bits per heavy atom. The van der Waals surface area contributed by atoms with Crippen molar-refractivity contribution < 1.29 is 14.1 Å². The van der Waals surface area contributed by atoms with Crippen LogP contribution in [-0.4, -0.2) is 22.7 Å². The van der Waals surface area contributed by atoms with Gasteiger partial charge in [-0.2, -0.15) is 4.98 Å². The smallest absolute Gasteiger partial charge is 0.225 e. The Labute approximate surface area is 127 Å². The van der Waals surface area contributed by atoms with Crippen LogP contribution in [-0.2, 0) is 11.2 Å². The summed E-state index contributed by atoms with van der Waals surface area (Å²) < 4.78 is 10.1. The van der Waals surface area contributed by atoms with E-state index in [1.165, 1.54) is 6.39 Å². The van der Waals surface area contributed by atoms with Gasteiger partial charge in [-0.05, 0) is 19.9 Å². The van der Waals surface area contributed by atoms with E-state index in [0.29, 0.717) is 23.2 Å². The second-order valence-corrected chi connectivity index (χ2v) is 4.82. The molecule has 0 aliphatic heterocycles. The van der Waals surface area contributed by atoms with Crippen molar-refractivity contribution in [1.29, 1.82) is 0 Å². The average molecular weight is 310 g/mol. The molecule has 0 bridgehead atoms. The van der Waals surface area contributed by atoms with Gasteiger partial charge in [-0.3, -0.25) is 4.79 Å². The number of halogens is 1. The van der Waals surface area contributed by atoms with Crippen molar-refractivity contribution >= 4 is 17.5 Å². The number of nitrogens with one attached hydrogen (secondary N) is 1. The van der Waals surface area contributed by atoms with Crippen molar-refractivity contribution in [1.82, 2.24) is 15.5 Å². The Kier molecular flexibility index (Phi) is 5.16. The molecule has 1 aromatic carbocycles. The molecule has 2 aromatic rings. The number of rotatable bonds is 6. The van der Waals surface area contributed by atoms with Gasteiger partial charge in [0, 0.05) is 5.56 Å². The Morgan fingerprint density at radius 2 is 2.33 bits per heavy atom. The van der Waals surface area contributed by atoms with Gasteiger partial charge in [0.15, 0.2) is 5.82 Å². The van der Waals surface area contributed by atoms with Gasteiger partial charge in [-0.15, -0.1) is 0 Å². The summed E-state index contributed by atoms with van der Waals surface area (Å²) in [6, 6.07) is 5.01. The fourth-order valence-electron chi connectivity index (χ4n) is 1.90. The van der Waals surface area contributed by atoms with E-state index in [9.17, 15) is 4.79 Å². The van der Waals surface area contributed by atoms with E-state index in [2.05, 4.69) is 20.0 Å². The molecule has 0 aliphatic rings. The SMILES string of the molecule is CCOc1c(Cl)cccc1CC(=O)N[C@@H](C)c1ncon1. The van der Waals surface area contributed by atoms with E-state index in [4.69, 9.17) is 16.3 Å². The molecule has 21 heavy (non-hydrogen) atoms. The summed E-state index contributed by atoms with van der Waals surface area (Å²) in [6.45, 7) is 4.13. The molecule has 1 aromatic heterocycles. The number of hydrogen-bond acceptors (Lipinski definition) is 5. The normalized spacial score (nSPS) is 12.0. The first-order chi connectivity index (χ1) is 10.1. The van der Waals surface area contributed by atoms with Crippen LogP contribution >= 0.6 is 11.6 Å². The molecule has 1 N–H and O–H groups in total. The molecular formula is C14H16ClN3O3. The van der Waals surface area contributed by atoms with Gasteiger partial charge in [0.1, 0.15) is 5.75 Å². The average Bonchev–Trinajstić information content (AvgIpc) is 2.97. The van der Waals surface area contributed by atoms with E-state index < -0.39 is 0 Å². The monoisotopic (exact) mass is 309 g/mol. The highest BCUT2D eigenvalue weighted by molar-refractivity contribution is 6.32. The van der Waals surface area contributed by atoms with Crippen LogP contribution in [0.2, 0.25) is 5.02 Å². The lowest BCUT2D eigenvalue weighted by atomic mass is 10.1. The number of para-hydroxylation sites is 1. The number of amides is 1. The van der Waals surface area contributed by atoms with E-state index in [-0.39, 0.29) is 18.4 Å². The van der Waals surface area contributed by atoms with E-state index in [0.717, 1.165) is 5.56 Å². The molecule has 2 rings (SSSR count). The van der Waals surface area contributed by atoms with Crippen LogP contribution in [0.1, 0.15) is 31.3 Å². The van der Waals surface area contributed by atoms with Gasteiger partial charge in [-0.1, -0.05) is 28.9 Å². The number of hydrogen-bond donors (Lipinski definition) is 1. The molecule has 0 aliphatic carbocycles. The summed E-state index contributed by atoms with van der Waals surface area (Å²) in [5, 5.41) is 6.98. The lowest BCUT2D eigenvalue weighted by Crippen LogP contribution is -2.28. The predicted molar refractivity (Wildman–Crippen MR) is 77.2 cm³/mol. The molecule has 6 nitrogen and oxygen atoms in total. The van der Waals surface area contributed by atoms with Crippen LogP contribution in [0.3, 0.4) is 0 Å². The van der Waals surface area contributed by atoms with E-state index >= 15 is 0 Å². The molecule has 0 radical (unpaired) electrons. The van der Waals surface area contributed by atoms with Crippen LogP contribution < -0.4 is 10.1 Å². The van der Waals surface area contributed by atoms with Crippen LogP contribution in [0.15, 0.2) is 29.1 Å². The third kappa shape index (κ3) is 3.95. The summed E-state index contributed by atoms with van der Waals surface area (Å²) in [4.78, 5) is 16.0. The summed E-state index contributed by atoms with van der Waals surface area (Å²) in [5.41, 5.74) is 0.738. The number of carbonyl (C=O) groups excluding carboxylic acids is 1. The minimum Gasteiger partial charge on any atom is -0.492 e. The van der Waals surface area contributed by atoms with Gasteiger partial charge in [-0.25, -0.2) is 0 Å². The maximum absolute atomic E-state index is 12.1. The predicted octanol–water partition coefficient (Wildman–Crippen LogP) is 2.54. The highest BCUT2D eigenvalue weighted by Gasteiger charge is 2.16. The number of nitrogens with zero attached hydrogens (tertiary/aromatic N) is 2. The van der Waals surface area contributed by atoms with Gasteiger partial charge >= 0.3 is 0 Å². The first kappa shape index (κ1) is 15.3. The van der Waals surface area contributed by atoms with Crippen LogP contribution in [0, 0.1) is 0 Å². The first-order valence-corrected chi connectivity index (χ1v) is 6.95. The Bertz CT molecular complexity index is 602. The second kappa shape index (κ2) is 7.08. The number of benzene rings is 1. The minimum absolute atomic E-state index is 0.165. The molecule has 0 saturated heterocycles. The fraction of sp³-hybridized carbons (Fsp3) is 0.357. The highest BCUT2D eigenvalue weighted by Crippen LogP contribution is 2.29. The van der Waals surface area contributed by atoms with Crippen LogP contribution in [0.25, 0.3) is 0 Å². The highest BCUT2D eigenvalue weighted by atomic mass is 35.5. The van der Waals surface area contributed by atoms with Crippen LogP contribution in [0.5, 0.6) is 5.75 Å². The quantitative estimate of drug-likeness (QED) is 0.887. The second-order valence-electron chi connectivity index (χ2n) is 4.42. The summed E-state index contributed by atoms with van der Waals surface area (Å²) in [7, 11) is 0. The zero-order valence-electron chi connectivity index (χ0n) is 11.8. The summed E-state index contributed by atoms with van der Waals surface area (Å²) in [5.74, 6) is 0.805. The largest absolute Gasteiger partial charge is 0.492 e. The lowest BCUT2D eigenvalue weighted by molar-refractivity contribution is -0.121. The van der Waals surface area contributed by atoms with Gasteiger partial charge in [0.25, 0.3) is 0 Å². The molecule has 0 unspecified atom stereocenters. The Balaban J connectivity index is 2.04. The molecule has 1 amide bonds. The van der Waals surface area contributed by atoms with Crippen molar-refractivity contribution in [3.05, 3.63) is 41.0 Å². The molecule has 0 spiro atoms. The van der Waals surface area contributed by atoms with Crippen molar-refractivity contribution in [3.8, 4) is 5.75 Å². The molecule has 112 valence electrons.